The Morgan fingerprint density at radius 2 is 2.28 bits per heavy atom. The van der Waals surface area contributed by atoms with Crippen LogP contribution in [0.2, 0.25) is 0 Å². The van der Waals surface area contributed by atoms with Crippen LogP contribution in [0.5, 0.6) is 0 Å². The van der Waals surface area contributed by atoms with Gasteiger partial charge in [0.2, 0.25) is 0 Å². The number of likely N-dealkylation sites (N-methyl/N-ethyl adjacent to an activating group) is 1. The van der Waals surface area contributed by atoms with Gasteiger partial charge < -0.3 is 10.6 Å². The highest BCUT2D eigenvalue weighted by Crippen LogP contribution is 2.08. The van der Waals surface area contributed by atoms with E-state index < -0.39 is 0 Å². The molecule has 0 aromatic carbocycles. The number of thioether (sulfide) groups is 1. The van der Waals surface area contributed by atoms with Gasteiger partial charge in [-0.05, 0) is 44.0 Å². The average Bonchev–Trinajstić information content (AvgIpc) is 2.42. The first-order chi connectivity index (χ1) is 8.77. The lowest BCUT2D eigenvalue weighted by atomic mass is 10.1. The lowest BCUT2D eigenvalue weighted by Crippen LogP contribution is -2.39. The van der Waals surface area contributed by atoms with E-state index in [0.717, 1.165) is 25.2 Å². The summed E-state index contributed by atoms with van der Waals surface area (Å²) >= 11 is 1.91. The van der Waals surface area contributed by atoms with Gasteiger partial charge in [-0.3, -0.25) is 4.98 Å². The van der Waals surface area contributed by atoms with Gasteiger partial charge in [0.1, 0.15) is 0 Å². The van der Waals surface area contributed by atoms with Crippen molar-refractivity contribution in [1.82, 2.24) is 9.88 Å². The fraction of sp³-hybridized carbons (Fsp3) is 0.643. The van der Waals surface area contributed by atoms with Gasteiger partial charge in [0, 0.05) is 37.4 Å². The van der Waals surface area contributed by atoms with E-state index >= 15 is 0 Å². The molecule has 0 radical (unpaired) electrons. The predicted octanol–water partition coefficient (Wildman–Crippen LogP) is 2.03. The molecule has 18 heavy (non-hydrogen) atoms. The smallest absolute Gasteiger partial charge is 0.0416 e. The van der Waals surface area contributed by atoms with Gasteiger partial charge in [-0.25, -0.2) is 0 Å². The van der Waals surface area contributed by atoms with Crippen molar-refractivity contribution in [1.29, 1.82) is 0 Å². The van der Waals surface area contributed by atoms with E-state index in [2.05, 4.69) is 29.3 Å². The lowest BCUT2D eigenvalue weighted by Gasteiger charge is -2.26. The second-order valence-corrected chi connectivity index (χ2v) is 5.56. The molecular formula is C14H25N3S. The highest BCUT2D eigenvalue weighted by molar-refractivity contribution is 7.98. The third-order valence-electron chi connectivity index (χ3n) is 3.23. The maximum atomic E-state index is 5.86. The molecule has 0 aliphatic carbocycles. The van der Waals surface area contributed by atoms with Crippen molar-refractivity contribution in [2.75, 3.05) is 32.1 Å². The maximum Gasteiger partial charge on any atom is 0.0416 e. The molecule has 1 rings (SSSR count). The summed E-state index contributed by atoms with van der Waals surface area (Å²) in [5.74, 6) is 1.23. The first kappa shape index (κ1) is 15.5. The number of rotatable bonds is 9. The van der Waals surface area contributed by atoms with Crippen molar-refractivity contribution in [3.05, 3.63) is 30.1 Å². The van der Waals surface area contributed by atoms with Crippen molar-refractivity contribution in [3.8, 4) is 0 Å². The van der Waals surface area contributed by atoms with E-state index in [1.807, 2.05) is 30.1 Å². The SMILES string of the molecule is CSCCCC(CN)N(C)CCc1ccccn1. The van der Waals surface area contributed by atoms with Crippen LogP contribution < -0.4 is 5.73 Å². The van der Waals surface area contributed by atoms with Crippen LogP contribution >= 0.6 is 11.8 Å². The minimum atomic E-state index is 0.501. The van der Waals surface area contributed by atoms with E-state index in [9.17, 15) is 0 Å². The molecule has 1 unspecified atom stereocenters. The molecule has 2 N–H and O–H groups in total. The second kappa shape index (κ2) is 9.36. The van der Waals surface area contributed by atoms with Gasteiger partial charge in [-0.1, -0.05) is 6.07 Å². The molecule has 0 saturated heterocycles. The fourth-order valence-corrected chi connectivity index (χ4v) is 2.46. The molecule has 0 spiro atoms. The molecule has 0 amide bonds. The molecule has 1 heterocycles. The van der Waals surface area contributed by atoms with Crippen LogP contribution in [0.15, 0.2) is 24.4 Å². The van der Waals surface area contributed by atoms with Crippen LogP contribution in [0.4, 0.5) is 0 Å². The monoisotopic (exact) mass is 267 g/mol. The molecule has 0 aliphatic heterocycles. The van der Waals surface area contributed by atoms with E-state index in [-0.39, 0.29) is 0 Å². The van der Waals surface area contributed by atoms with Crippen molar-refractivity contribution >= 4 is 11.8 Å². The molecular weight excluding hydrogens is 242 g/mol. The normalized spacial score (nSPS) is 12.9. The number of hydrogen-bond acceptors (Lipinski definition) is 4. The number of pyridine rings is 1. The van der Waals surface area contributed by atoms with Crippen LogP contribution in [-0.4, -0.2) is 48.1 Å². The van der Waals surface area contributed by atoms with Crippen LogP contribution in [0.1, 0.15) is 18.5 Å². The first-order valence-corrected chi connectivity index (χ1v) is 7.96. The Kier molecular flexibility index (Phi) is 8.05. The Balaban J connectivity index is 2.30. The van der Waals surface area contributed by atoms with Gasteiger partial charge in [0.05, 0.1) is 0 Å². The molecule has 0 saturated carbocycles. The Bertz CT molecular complexity index is 305. The molecule has 0 aliphatic rings. The summed E-state index contributed by atoms with van der Waals surface area (Å²) in [6, 6.07) is 6.58. The minimum Gasteiger partial charge on any atom is -0.329 e. The molecule has 1 aromatic rings. The van der Waals surface area contributed by atoms with E-state index in [4.69, 9.17) is 5.73 Å². The third-order valence-corrected chi connectivity index (χ3v) is 3.92. The summed E-state index contributed by atoms with van der Waals surface area (Å²) in [6.45, 7) is 1.77. The summed E-state index contributed by atoms with van der Waals surface area (Å²) < 4.78 is 0. The second-order valence-electron chi connectivity index (χ2n) is 4.58. The maximum absolute atomic E-state index is 5.86. The number of nitrogens with two attached hydrogens (primary N) is 1. The Morgan fingerprint density at radius 3 is 2.89 bits per heavy atom. The Morgan fingerprint density at radius 1 is 1.44 bits per heavy atom. The van der Waals surface area contributed by atoms with Crippen LogP contribution in [0.3, 0.4) is 0 Å². The predicted molar refractivity (Wildman–Crippen MR) is 81.0 cm³/mol. The van der Waals surface area contributed by atoms with E-state index in [0.29, 0.717) is 6.04 Å². The van der Waals surface area contributed by atoms with Gasteiger partial charge in [-0.2, -0.15) is 11.8 Å². The topological polar surface area (TPSA) is 42.1 Å². The standard InChI is InChI=1S/C14H25N3S/c1-17(14(12-15)7-5-11-18-2)10-8-13-6-3-4-9-16-13/h3-4,6,9,14H,5,7-8,10-12,15H2,1-2H3. The molecule has 3 nitrogen and oxygen atoms in total. The van der Waals surface area contributed by atoms with Gasteiger partial charge in [0.15, 0.2) is 0 Å². The fourth-order valence-electron chi connectivity index (χ4n) is 2.00. The van der Waals surface area contributed by atoms with Crippen molar-refractivity contribution < 1.29 is 0 Å². The Hall–Kier alpha value is -0.580. The van der Waals surface area contributed by atoms with Gasteiger partial charge >= 0.3 is 0 Å². The number of hydrogen-bond donors (Lipinski definition) is 1. The third kappa shape index (κ3) is 5.85. The minimum absolute atomic E-state index is 0.501. The zero-order valence-electron chi connectivity index (χ0n) is 11.5. The molecule has 1 atom stereocenters. The van der Waals surface area contributed by atoms with Gasteiger partial charge in [-0.15, -0.1) is 0 Å². The summed E-state index contributed by atoms with van der Waals surface area (Å²) in [7, 11) is 2.17. The first-order valence-electron chi connectivity index (χ1n) is 6.57. The van der Waals surface area contributed by atoms with Crippen molar-refractivity contribution in [2.45, 2.75) is 25.3 Å². The molecule has 4 heteroatoms. The molecule has 1 aromatic heterocycles. The highest BCUT2D eigenvalue weighted by atomic mass is 32.2. The highest BCUT2D eigenvalue weighted by Gasteiger charge is 2.12. The number of aromatic nitrogens is 1. The van der Waals surface area contributed by atoms with Crippen LogP contribution in [0, 0.1) is 0 Å². The van der Waals surface area contributed by atoms with Crippen molar-refractivity contribution in [3.63, 3.8) is 0 Å². The number of nitrogens with zero attached hydrogens (tertiary/aromatic N) is 2. The largest absolute Gasteiger partial charge is 0.329 e. The quantitative estimate of drug-likeness (QED) is 0.695. The van der Waals surface area contributed by atoms with Crippen LogP contribution in [0.25, 0.3) is 0 Å². The van der Waals surface area contributed by atoms with E-state index in [1.165, 1.54) is 18.6 Å². The van der Waals surface area contributed by atoms with Crippen LogP contribution in [-0.2, 0) is 6.42 Å². The summed E-state index contributed by atoms with van der Waals surface area (Å²) in [5.41, 5.74) is 7.02. The molecule has 102 valence electrons. The van der Waals surface area contributed by atoms with E-state index in [1.54, 1.807) is 0 Å². The lowest BCUT2D eigenvalue weighted by molar-refractivity contribution is 0.236. The molecule has 0 fully saturated rings. The zero-order chi connectivity index (χ0) is 13.2. The average molecular weight is 267 g/mol. The molecule has 0 bridgehead atoms. The Labute approximate surface area is 115 Å². The van der Waals surface area contributed by atoms with Gasteiger partial charge in [0.25, 0.3) is 0 Å². The van der Waals surface area contributed by atoms with Crippen molar-refractivity contribution in [2.24, 2.45) is 5.73 Å². The summed E-state index contributed by atoms with van der Waals surface area (Å²) in [5, 5.41) is 0. The summed E-state index contributed by atoms with van der Waals surface area (Å²) in [4.78, 5) is 6.72. The zero-order valence-corrected chi connectivity index (χ0v) is 12.3. The summed E-state index contributed by atoms with van der Waals surface area (Å²) in [6.07, 6.45) is 7.44.